The Morgan fingerprint density at radius 1 is 1.40 bits per heavy atom. The number of hydrogen-bond acceptors (Lipinski definition) is 2. The number of aromatic nitrogens is 1. The third-order valence-electron chi connectivity index (χ3n) is 2.75. The van der Waals surface area contributed by atoms with Crippen molar-refractivity contribution in [1.82, 2.24) is 3.56 Å². The summed E-state index contributed by atoms with van der Waals surface area (Å²) >= 11 is 2.19. The Morgan fingerprint density at radius 3 is 3.00 bits per heavy atom. The fourth-order valence-corrected chi connectivity index (χ4v) is 5.68. The van der Waals surface area contributed by atoms with Gasteiger partial charge >= 0.3 is 98.3 Å². The van der Waals surface area contributed by atoms with Crippen LogP contribution in [0, 0.1) is 0 Å². The van der Waals surface area contributed by atoms with E-state index in [0.717, 1.165) is 11.1 Å². The third-order valence-corrected chi connectivity index (χ3v) is 6.44. The fraction of sp³-hybridized carbons (Fsp3) is 0.364. The van der Waals surface area contributed by atoms with Crippen molar-refractivity contribution in [2.75, 3.05) is 11.5 Å². The van der Waals surface area contributed by atoms with Gasteiger partial charge in [-0.1, -0.05) is 0 Å². The van der Waals surface area contributed by atoms with Gasteiger partial charge in [0.1, 0.15) is 0 Å². The second-order valence-corrected chi connectivity index (χ2v) is 7.02. The van der Waals surface area contributed by atoms with Crippen LogP contribution in [0.15, 0.2) is 29.1 Å². The standard InChI is InChI=1S/C11H11NOSSe/c13-11-9-3-1-2-4-10(9)15-12(11)8-5-6-14-7-8/h1-4,8H,5-7H2. The molecule has 1 aromatic carbocycles. The summed E-state index contributed by atoms with van der Waals surface area (Å²) in [4.78, 5) is 12.1. The molecule has 4 heteroatoms. The predicted octanol–water partition coefficient (Wildman–Crippen LogP) is 1.74. The molecule has 1 saturated heterocycles. The van der Waals surface area contributed by atoms with Crippen LogP contribution in [0.2, 0.25) is 0 Å². The predicted molar refractivity (Wildman–Crippen MR) is 66.1 cm³/mol. The van der Waals surface area contributed by atoms with Gasteiger partial charge in [-0.2, -0.15) is 0 Å². The van der Waals surface area contributed by atoms with E-state index in [-0.39, 0.29) is 20.3 Å². The van der Waals surface area contributed by atoms with Crippen molar-refractivity contribution < 1.29 is 0 Å². The maximum absolute atomic E-state index is 12.1. The Morgan fingerprint density at radius 2 is 2.27 bits per heavy atom. The van der Waals surface area contributed by atoms with Crippen molar-refractivity contribution in [2.45, 2.75) is 12.5 Å². The molecule has 1 unspecified atom stereocenters. The number of rotatable bonds is 1. The summed E-state index contributed by atoms with van der Waals surface area (Å²) in [5, 5.41) is 0.939. The summed E-state index contributed by atoms with van der Waals surface area (Å²) in [6.45, 7) is 0. The van der Waals surface area contributed by atoms with Crippen molar-refractivity contribution in [3.63, 3.8) is 0 Å². The molecule has 1 atom stereocenters. The molecule has 0 spiro atoms. The minimum atomic E-state index is 0.225. The van der Waals surface area contributed by atoms with Crippen LogP contribution in [-0.4, -0.2) is 29.8 Å². The van der Waals surface area contributed by atoms with E-state index in [1.165, 1.54) is 16.4 Å². The second kappa shape index (κ2) is 3.85. The van der Waals surface area contributed by atoms with Gasteiger partial charge in [0, 0.05) is 0 Å². The molecular weight excluding hydrogens is 273 g/mol. The molecule has 0 aliphatic carbocycles. The van der Waals surface area contributed by atoms with E-state index >= 15 is 0 Å². The molecule has 0 bridgehead atoms. The average molecular weight is 284 g/mol. The fourth-order valence-electron chi connectivity index (χ4n) is 1.94. The molecule has 78 valence electrons. The van der Waals surface area contributed by atoms with Crippen molar-refractivity contribution >= 4 is 36.1 Å². The summed E-state index contributed by atoms with van der Waals surface area (Å²) in [6, 6.07) is 8.53. The van der Waals surface area contributed by atoms with Crippen molar-refractivity contribution in [3.05, 3.63) is 34.6 Å². The van der Waals surface area contributed by atoms with E-state index in [9.17, 15) is 4.79 Å². The Labute approximate surface area is 98.3 Å². The zero-order chi connectivity index (χ0) is 10.3. The van der Waals surface area contributed by atoms with Crippen molar-refractivity contribution in [3.8, 4) is 0 Å². The summed E-state index contributed by atoms with van der Waals surface area (Å²) in [7, 11) is 0. The maximum atomic E-state index is 12.1. The quantitative estimate of drug-likeness (QED) is 0.744. The second-order valence-electron chi connectivity index (χ2n) is 3.74. The molecule has 2 nitrogen and oxygen atoms in total. The minimum absolute atomic E-state index is 0.225. The molecule has 0 saturated carbocycles. The van der Waals surface area contributed by atoms with Crippen LogP contribution in [0.25, 0.3) is 9.65 Å². The molecule has 0 radical (unpaired) electrons. The van der Waals surface area contributed by atoms with Gasteiger partial charge in [-0.25, -0.2) is 0 Å². The van der Waals surface area contributed by atoms with Gasteiger partial charge < -0.3 is 0 Å². The summed E-state index contributed by atoms with van der Waals surface area (Å²) in [6.07, 6.45) is 1.17. The monoisotopic (exact) mass is 285 g/mol. The topological polar surface area (TPSA) is 22.0 Å². The molecule has 1 fully saturated rings. The molecule has 0 amide bonds. The average Bonchev–Trinajstić information content (AvgIpc) is 2.87. The normalized spacial score (nSPS) is 21.2. The number of nitrogens with zero attached hydrogens (tertiary/aromatic N) is 1. The van der Waals surface area contributed by atoms with E-state index < -0.39 is 0 Å². The van der Waals surface area contributed by atoms with E-state index in [1.54, 1.807) is 0 Å². The molecule has 2 aromatic rings. The molecule has 1 aliphatic rings. The van der Waals surface area contributed by atoms with E-state index in [2.05, 4.69) is 9.63 Å². The number of benzene rings is 1. The Kier molecular flexibility index (Phi) is 2.51. The van der Waals surface area contributed by atoms with Gasteiger partial charge in [-0.15, -0.1) is 0 Å². The van der Waals surface area contributed by atoms with Gasteiger partial charge in [0.15, 0.2) is 0 Å². The van der Waals surface area contributed by atoms with Crippen LogP contribution in [-0.2, 0) is 0 Å². The van der Waals surface area contributed by atoms with Crippen molar-refractivity contribution in [2.24, 2.45) is 0 Å². The molecule has 15 heavy (non-hydrogen) atoms. The Balaban J connectivity index is 2.19. The summed E-state index contributed by atoms with van der Waals surface area (Å²) in [5.74, 6) is 2.34. The zero-order valence-electron chi connectivity index (χ0n) is 8.18. The molecular formula is C11H11NOSSe. The molecule has 2 heterocycles. The number of thioether (sulfide) groups is 1. The first-order chi connectivity index (χ1) is 7.36. The van der Waals surface area contributed by atoms with Crippen LogP contribution in [0.1, 0.15) is 12.5 Å². The number of hydrogen-bond donors (Lipinski definition) is 0. The first kappa shape index (κ1) is 9.76. The van der Waals surface area contributed by atoms with Crippen molar-refractivity contribution in [1.29, 1.82) is 0 Å². The SMILES string of the molecule is O=c1c2ccccc2[se]n1C1CCSC1. The van der Waals surface area contributed by atoms with Crippen LogP contribution >= 0.6 is 11.8 Å². The Hall–Kier alpha value is -0.441. The summed E-state index contributed by atoms with van der Waals surface area (Å²) in [5.41, 5.74) is 0.262. The van der Waals surface area contributed by atoms with Crippen LogP contribution in [0.5, 0.6) is 0 Å². The number of fused-ring (bicyclic) bond motifs is 1. The van der Waals surface area contributed by atoms with Crippen LogP contribution in [0.4, 0.5) is 0 Å². The summed E-state index contributed by atoms with van der Waals surface area (Å²) < 4.78 is 3.37. The zero-order valence-corrected chi connectivity index (χ0v) is 10.7. The molecule has 1 aliphatic heterocycles. The van der Waals surface area contributed by atoms with Gasteiger partial charge in [0.25, 0.3) is 0 Å². The van der Waals surface area contributed by atoms with Gasteiger partial charge in [-0.3, -0.25) is 0 Å². The first-order valence-electron chi connectivity index (χ1n) is 5.04. The van der Waals surface area contributed by atoms with E-state index in [4.69, 9.17) is 0 Å². The Bertz CT molecular complexity index is 539. The van der Waals surface area contributed by atoms with Gasteiger partial charge in [0.05, 0.1) is 0 Å². The van der Waals surface area contributed by atoms with Gasteiger partial charge in [0.2, 0.25) is 0 Å². The van der Waals surface area contributed by atoms with E-state index in [1.807, 2.05) is 30.0 Å². The molecule has 1 aromatic heterocycles. The van der Waals surface area contributed by atoms with Gasteiger partial charge in [-0.05, 0) is 0 Å². The van der Waals surface area contributed by atoms with Crippen LogP contribution < -0.4 is 5.56 Å². The van der Waals surface area contributed by atoms with Crippen LogP contribution in [0.3, 0.4) is 0 Å². The first-order valence-corrected chi connectivity index (χ1v) is 7.82. The molecule has 3 rings (SSSR count). The third kappa shape index (κ3) is 1.61. The van der Waals surface area contributed by atoms with E-state index in [0.29, 0.717) is 6.04 Å². The molecule has 0 N–H and O–H groups in total.